The van der Waals surface area contributed by atoms with Gasteiger partial charge in [-0.3, -0.25) is 9.36 Å². The summed E-state index contributed by atoms with van der Waals surface area (Å²) in [6, 6.07) is 7.26. The van der Waals surface area contributed by atoms with E-state index in [9.17, 15) is 18.0 Å². The first-order valence-corrected chi connectivity index (χ1v) is 12.0. The maximum atomic E-state index is 12.6. The normalized spacial score (nSPS) is 17.6. The SMILES string of the molecule is Cc1nc2c(cc1CCC(=O)O)nc(Nc1ccc(OC(F)(F)F)cc1)n2C1CC(C)(C)OC(C)(C)C1. The molecule has 1 fully saturated rings. The number of carbonyl (C=O) groups is 1. The largest absolute Gasteiger partial charge is 0.573 e. The first kappa shape index (κ1) is 26.7. The second kappa shape index (κ2) is 9.51. The zero-order valence-electron chi connectivity index (χ0n) is 21.4. The highest BCUT2D eigenvalue weighted by Gasteiger charge is 2.41. The number of aromatic nitrogens is 3. The number of hydrogen-bond acceptors (Lipinski definition) is 6. The van der Waals surface area contributed by atoms with Crippen LogP contribution in [0.2, 0.25) is 0 Å². The van der Waals surface area contributed by atoms with Crippen molar-refractivity contribution in [3.05, 3.63) is 41.6 Å². The second-order valence-electron chi connectivity index (χ2n) is 10.7. The van der Waals surface area contributed by atoms with Crippen LogP contribution in [0.15, 0.2) is 30.3 Å². The Morgan fingerprint density at radius 1 is 1.16 bits per heavy atom. The maximum absolute atomic E-state index is 12.6. The number of benzene rings is 1. The Kier molecular flexibility index (Phi) is 6.87. The quantitative estimate of drug-likeness (QED) is 0.377. The molecular formula is C26H31F3N4O4. The molecule has 0 radical (unpaired) electrons. The minimum atomic E-state index is -4.77. The van der Waals surface area contributed by atoms with Crippen molar-refractivity contribution in [1.29, 1.82) is 0 Å². The molecule has 1 aromatic carbocycles. The van der Waals surface area contributed by atoms with Crippen LogP contribution in [0.4, 0.5) is 24.8 Å². The molecule has 3 aromatic rings. The third kappa shape index (κ3) is 6.51. The Morgan fingerprint density at radius 2 is 1.78 bits per heavy atom. The third-order valence-corrected chi connectivity index (χ3v) is 6.29. The summed E-state index contributed by atoms with van der Waals surface area (Å²) >= 11 is 0. The Labute approximate surface area is 212 Å². The van der Waals surface area contributed by atoms with E-state index in [1.807, 2.05) is 45.3 Å². The summed E-state index contributed by atoms with van der Waals surface area (Å²) in [5, 5.41) is 12.3. The molecule has 1 aliphatic heterocycles. The molecule has 37 heavy (non-hydrogen) atoms. The fraction of sp³-hybridized carbons (Fsp3) is 0.500. The zero-order chi connectivity index (χ0) is 27.2. The van der Waals surface area contributed by atoms with E-state index >= 15 is 0 Å². The molecule has 1 aliphatic rings. The lowest BCUT2D eigenvalue weighted by atomic mass is 9.85. The summed E-state index contributed by atoms with van der Waals surface area (Å²) in [4.78, 5) is 20.7. The maximum Gasteiger partial charge on any atom is 0.573 e. The van der Waals surface area contributed by atoms with Crippen LogP contribution < -0.4 is 10.1 Å². The standard InChI is InChI=1S/C26H31F3N4O4/c1-15-16(6-11-21(34)35)12-20-22(30-15)33(18-13-24(2,3)37-25(4,5)14-18)23(32-20)31-17-7-9-19(10-8-17)36-26(27,28)29/h7-10,12,18H,6,11,13-14H2,1-5H3,(H,31,32)(H,34,35). The number of nitrogens with one attached hydrogen (secondary N) is 1. The van der Waals surface area contributed by atoms with Gasteiger partial charge < -0.3 is 19.9 Å². The number of halogens is 3. The average molecular weight is 521 g/mol. The number of aliphatic carboxylic acids is 1. The molecule has 2 N–H and O–H groups in total. The van der Waals surface area contributed by atoms with Gasteiger partial charge in [-0.1, -0.05) is 0 Å². The number of ether oxygens (including phenoxy) is 2. The van der Waals surface area contributed by atoms with Gasteiger partial charge >= 0.3 is 12.3 Å². The molecule has 200 valence electrons. The smallest absolute Gasteiger partial charge is 0.481 e. The van der Waals surface area contributed by atoms with Crippen LogP contribution in [-0.2, 0) is 16.0 Å². The van der Waals surface area contributed by atoms with Crippen molar-refractivity contribution in [2.24, 2.45) is 0 Å². The molecule has 2 aromatic heterocycles. The number of aryl methyl sites for hydroxylation is 2. The van der Waals surface area contributed by atoms with Gasteiger partial charge in [-0.25, -0.2) is 9.97 Å². The van der Waals surface area contributed by atoms with Gasteiger partial charge in [0.1, 0.15) is 11.3 Å². The van der Waals surface area contributed by atoms with Crippen molar-refractivity contribution < 1.29 is 32.5 Å². The first-order chi connectivity index (χ1) is 17.1. The van der Waals surface area contributed by atoms with Gasteiger partial charge in [0, 0.05) is 23.8 Å². The van der Waals surface area contributed by atoms with Crippen molar-refractivity contribution in [1.82, 2.24) is 14.5 Å². The number of carboxylic acid groups (broad SMARTS) is 1. The minimum Gasteiger partial charge on any atom is -0.481 e. The summed E-state index contributed by atoms with van der Waals surface area (Å²) in [6.07, 6.45) is -3.08. The lowest BCUT2D eigenvalue weighted by Crippen LogP contribution is -2.45. The van der Waals surface area contributed by atoms with Crippen LogP contribution in [0.3, 0.4) is 0 Å². The van der Waals surface area contributed by atoms with Crippen molar-refractivity contribution in [3.63, 3.8) is 0 Å². The van der Waals surface area contributed by atoms with Gasteiger partial charge in [0.25, 0.3) is 0 Å². The fourth-order valence-electron chi connectivity index (χ4n) is 5.17. The number of imidazole rings is 1. The topological polar surface area (TPSA) is 98.5 Å². The summed E-state index contributed by atoms with van der Waals surface area (Å²) in [5.74, 6) is -0.725. The van der Waals surface area contributed by atoms with Gasteiger partial charge in [-0.05, 0) is 89.8 Å². The van der Waals surface area contributed by atoms with Gasteiger partial charge in [-0.15, -0.1) is 13.2 Å². The molecule has 8 nitrogen and oxygen atoms in total. The van der Waals surface area contributed by atoms with E-state index in [0.717, 1.165) is 11.3 Å². The third-order valence-electron chi connectivity index (χ3n) is 6.29. The molecule has 0 spiro atoms. The molecular weight excluding hydrogens is 489 g/mol. The van der Waals surface area contributed by atoms with E-state index < -0.39 is 23.5 Å². The summed E-state index contributed by atoms with van der Waals surface area (Å²) < 4.78 is 49.9. The lowest BCUT2D eigenvalue weighted by Gasteiger charge is -2.46. The Hall–Kier alpha value is -3.34. The Bertz CT molecular complexity index is 1280. The summed E-state index contributed by atoms with van der Waals surface area (Å²) in [7, 11) is 0. The number of nitrogens with zero attached hydrogens (tertiary/aromatic N) is 3. The second-order valence-corrected chi connectivity index (χ2v) is 10.7. The van der Waals surface area contributed by atoms with Crippen molar-refractivity contribution in [2.75, 3.05) is 5.32 Å². The van der Waals surface area contributed by atoms with Crippen molar-refractivity contribution >= 4 is 28.8 Å². The van der Waals surface area contributed by atoms with E-state index in [4.69, 9.17) is 19.8 Å². The van der Waals surface area contributed by atoms with Crippen LogP contribution >= 0.6 is 0 Å². The van der Waals surface area contributed by atoms with Gasteiger partial charge in [0.2, 0.25) is 5.95 Å². The van der Waals surface area contributed by atoms with Gasteiger partial charge in [0.15, 0.2) is 5.65 Å². The summed E-state index contributed by atoms with van der Waals surface area (Å²) in [5.41, 5.74) is 2.48. The number of fused-ring (bicyclic) bond motifs is 1. The van der Waals surface area contributed by atoms with E-state index in [2.05, 4.69) is 10.1 Å². The first-order valence-electron chi connectivity index (χ1n) is 12.0. The predicted octanol–water partition coefficient (Wildman–Crippen LogP) is 6.31. The van der Waals surface area contributed by atoms with Gasteiger partial charge in [0.05, 0.1) is 11.2 Å². The highest BCUT2D eigenvalue weighted by Crippen LogP contribution is 2.43. The molecule has 4 rings (SSSR count). The fourth-order valence-corrected chi connectivity index (χ4v) is 5.17. The van der Waals surface area contributed by atoms with E-state index in [1.165, 1.54) is 24.3 Å². The van der Waals surface area contributed by atoms with Crippen LogP contribution in [0.5, 0.6) is 5.75 Å². The van der Waals surface area contributed by atoms with E-state index in [0.29, 0.717) is 42.1 Å². The number of anilines is 2. The van der Waals surface area contributed by atoms with Crippen LogP contribution in [0.25, 0.3) is 11.2 Å². The number of carboxylic acids is 1. The van der Waals surface area contributed by atoms with Crippen molar-refractivity contribution in [2.45, 2.75) is 83.9 Å². The molecule has 0 aliphatic carbocycles. The van der Waals surface area contributed by atoms with Crippen LogP contribution in [0, 0.1) is 6.92 Å². The van der Waals surface area contributed by atoms with Crippen LogP contribution in [-0.4, -0.2) is 43.2 Å². The van der Waals surface area contributed by atoms with Crippen LogP contribution in [0.1, 0.15) is 64.3 Å². The molecule has 0 saturated carbocycles. The predicted molar refractivity (Wildman–Crippen MR) is 132 cm³/mol. The molecule has 1 saturated heterocycles. The molecule has 0 unspecified atom stereocenters. The number of rotatable bonds is 7. The van der Waals surface area contributed by atoms with E-state index in [-0.39, 0.29) is 18.2 Å². The lowest BCUT2D eigenvalue weighted by molar-refractivity contribution is -0.274. The average Bonchev–Trinajstić information content (AvgIpc) is 3.06. The molecule has 3 heterocycles. The van der Waals surface area contributed by atoms with Crippen molar-refractivity contribution in [3.8, 4) is 5.75 Å². The molecule has 11 heteroatoms. The van der Waals surface area contributed by atoms with Gasteiger partial charge in [-0.2, -0.15) is 0 Å². The zero-order valence-corrected chi connectivity index (χ0v) is 21.4. The Balaban J connectivity index is 1.76. The monoisotopic (exact) mass is 520 g/mol. The number of hydrogen-bond donors (Lipinski definition) is 2. The molecule has 0 atom stereocenters. The molecule has 0 amide bonds. The van der Waals surface area contributed by atoms with E-state index in [1.54, 1.807) is 0 Å². The highest BCUT2D eigenvalue weighted by atomic mass is 19.4. The molecule has 0 bridgehead atoms. The number of alkyl halides is 3. The summed E-state index contributed by atoms with van der Waals surface area (Å²) in [6.45, 7) is 9.99. The number of pyridine rings is 1. The minimum absolute atomic E-state index is 0.0193. The highest BCUT2D eigenvalue weighted by molar-refractivity contribution is 5.78. The Morgan fingerprint density at radius 3 is 2.35 bits per heavy atom.